The molecule has 0 aromatic carbocycles. The van der Waals surface area contributed by atoms with Crippen molar-refractivity contribution in [1.29, 1.82) is 0 Å². The predicted octanol–water partition coefficient (Wildman–Crippen LogP) is 0.933. The highest BCUT2D eigenvalue weighted by Crippen LogP contribution is 2.32. The van der Waals surface area contributed by atoms with E-state index in [0.29, 0.717) is 6.92 Å². The zero-order valence-electron chi connectivity index (χ0n) is 7.10. The van der Waals surface area contributed by atoms with Crippen molar-refractivity contribution in [3.05, 3.63) is 0 Å². The Bertz CT molecular complexity index is 194. The number of hydroxylamine groups is 1. The Balaban J connectivity index is 4.62. The van der Waals surface area contributed by atoms with Crippen LogP contribution in [-0.2, 0) is 9.63 Å². The average molecular weight is 201 g/mol. The quantitative estimate of drug-likeness (QED) is 0.664. The fraction of sp³-hybridized carbons (Fsp3) is 0.833. The zero-order valence-corrected chi connectivity index (χ0v) is 7.10. The summed E-state index contributed by atoms with van der Waals surface area (Å²) in [5.74, 6) is -1.55. The first-order chi connectivity index (χ1) is 5.73. The van der Waals surface area contributed by atoms with Crippen LogP contribution in [0.25, 0.3) is 0 Å². The van der Waals surface area contributed by atoms with E-state index in [0.717, 1.165) is 7.11 Å². The highest BCUT2D eigenvalue weighted by Gasteiger charge is 2.52. The molecule has 1 unspecified atom stereocenters. The van der Waals surface area contributed by atoms with Crippen molar-refractivity contribution in [2.45, 2.75) is 25.1 Å². The molecule has 0 aliphatic carbocycles. The van der Waals surface area contributed by atoms with E-state index in [4.69, 9.17) is 5.11 Å². The van der Waals surface area contributed by atoms with Crippen LogP contribution in [0.15, 0.2) is 0 Å². The van der Waals surface area contributed by atoms with Gasteiger partial charge in [-0.15, -0.1) is 0 Å². The molecule has 0 aliphatic rings. The van der Waals surface area contributed by atoms with E-state index in [1.165, 1.54) is 0 Å². The molecule has 0 amide bonds. The maximum Gasteiger partial charge on any atom is 0.409 e. The summed E-state index contributed by atoms with van der Waals surface area (Å²) >= 11 is 0. The minimum Gasteiger partial charge on any atom is -0.481 e. The first-order valence-corrected chi connectivity index (χ1v) is 3.31. The standard InChI is InChI=1S/C6H10F3NO3/c1-5(10-13-2,3-4(11)12)6(7,8)9/h10H,3H2,1-2H3,(H,11,12). The van der Waals surface area contributed by atoms with E-state index in [9.17, 15) is 18.0 Å². The second-order valence-electron chi connectivity index (χ2n) is 2.71. The van der Waals surface area contributed by atoms with Crippen LogP contribution >= 0.6 is 0 Å². The molecule has 0 saturated heterocycles. The minimum atomic E-state index is -4.68. The number of hydrogen-bond donors (Lipinski definition) is 2. The second-order valence-corrected chi connectivity index (χ2v) is 2.71. The van der Waals surface area contributed by atoms with Gasteiger partial charge in [-0.05, 0) is 6.92 Å². The highest BCUT2D eigenvalue weighted by molar-refractivity contribution is 5.68. The highest BCUT2D eigenvalue weighted by atomic mass is 19.4. The van der Waals surface area contributed by atoms with Crippen molar-refractivity contribution in [2.75, 3.05) is 7.11 Å². The van der Waals surface area contributed by atoms with Crippen molar-refractivity contribution in [2.24, 2.45) is 0 Å². The van der Waals surface area contributed by atoms with Gasteiger partial charge in [-0.3, -0.25) is 4.79 Å². The van der Waals surface area contributed by atoms with Crippen LogP contribution < -0.4 is 5.48 Å². The fourth-order valence-electron chi connectivity index (χ4n) is 0.722. The number of alkyl halides is 3. The molecule has 0 aliphatic heterocycles. The van der Waals surface area contributed by atoms with E-state index in [1.807, 2.05) is 0 Å². The molecule has 0 spiro atoms. The number of nitrogens with one attached hydrogen (secondary N) is 1. The Morgan fingerprint density at radius 1 is 1.54 bits per heavy atom. The summed E-state index contributed by atoms with van der Waals surface area (Å²) in [5, 5.41) is 8.24. The number of hydrogen-bond acceptors (Lipinski definition) is 3. The number of aliphatic carboxylic acids is 1. The Labute approximate surface area is 72.6 Å². The van der Waals surface area contributed by atoms with Crippen LogP contribution in [0.4, 0.5) is 13.2 Å². The van der Waals surface area contributed by atoms with Crippen LogP contribution in [-0.4, -0.2) is 29.9 Å². The molecule has 0 aromatic heterocycles. The molecule has 0 aromatic rings. The summed E-state index contributed by atoms with van der Waals surface area (Å²) < 4.78 is 36.7. The molecule has 78 valence electrons. The van der Waals surface area contributed by atoms with Gasteiger partial charge in [0.2, 0.25) is 0 Å². The maximum absolute atomic E-state index is 12.2. The Kier molecular flexibility index (Phi) is 3.68. The second kappa shape index (κ2) is 3.93. The molecule has 0 saturated carbocycles. The largest absolute Gasteiger partial charge is 0.481 e. The van der Waals surface area contributed by atoms with Crippen molar-refractivity contribution in [1.82, 2.24) is 5.48 Å². The summed E-state index contributed by atoms with van der Waals surface area (Å²) in [6, 6.07) is 0. The summed E-state index contributed by atoms with van der Waals surface area (Å²) in [4.78, 5) is 14.2. The Morgan fingerprint density at radius 3 is 2.23 bits per heavy atom. The molecule has 1 atom stereocenters. The number of carboxylic acids is 1. The predicted molar refractivity (Wildman–Crippen MR) is 36.9 cm³/mol. The van der Waals surface area contributed by atoms with Gasteiger partial charge in [-0.1, -0.05) is 0 Å². The lowest BCUT2D eigenvalue weighted by molar-refractivity contribution is -0.224. The van der Waals surface area contributed by atoms with E-state index in [1.54, 1.807) is 5.48 Å². The third-order valence-electron chi connectivity index (χ3n) is 1.46. The lowest BCUT2D eigenvalue weighted by Gasteiger charge is -2.30. The smallest absolute Gasteiger partial charge is 0.409 e. The molecule has 0 rings (SSSR count). The van der Waals surface area contributed by atoms with Gasteiger partial charge in [0.15, 0.2) is 0 Å². The maximum atomic E-state index is 12.2. The molecule has 0 heterocycles. The molecule has 4 nitrogen and oxygen atoms in total. The summed E-state index contributed by atoms with van der Waals surface area (Å²) in [5.41, 5.74) is -0.937. The lowest BCUT2D eigenvalue weighted by Crippen LogP contribution is -2.55. The third-order valence-corrected chi connectivity index (χ3v) is 1.46. The van der Waals surface area contributed by atoms with Gasteiger partial charge in [0.1, 0.15) is 5.54 Å². The van der Waals surface area contributed by atoms with Gasteiger partial charge in [-0.25, -0.2) is 0 Å². The first-order valence-electron chi connectivity index (χ1n) is 3.31. The van der Waals surface area contributed by atoms with Gasteiger partial charge in [-0.2, -0.15) is 18.7 Å². The monoisotopic (exact) mass is 201 g/mol. The van der Waals surface area contributed by atoms with Crippen LogP contribution in [0.1, 0.15) is 13.3 Å². The first kappa shape index (κ1) is 12.2. The van der Waals surface area contributed by atoms with Gasteiger partial charge in [0.05, 0.1) is 13.5 Å². The molecule has 0 fully saturated rings. The zero-order chi connectivity index (χ0) is 10.7. The fourth-order valence-corrected chi connectivity index (χ4v) is 0.722. The topological polar surface area (TPSA) is 58.6 Å². The minimum absolute atomic E-state index is 0.713. The van der Waals surface area contributed by atoms with Crippen LogP contribution in [0, 0.1) is 0 Å². The molecular weight excluding hydrogens is 191 g/mol. The Hall–Kier alpha value is -0.820. The number of carboxylic acid groups (broad SMARTS) is 1. The summed E-state index contributed by atoms with van der Waals surface area (Å²) in [6.07, 6.45) is -5.77. The van der Waals surface area contributed by atoms with Crippen molar-refractivity contribution in [3.8, 4) is 0 Å². The van der Waals surface area contributed by atoms with Crippen molar-refractivity contribution < 1.29 is 27.9 Å². The third kappa shape index (κ3) is 3.19. The van der Waals surface area contributed by atoms with Crippen LogP contribution in [0.5, 0.6) is 0 Å². The van der Waals surface area contributed by atoms with E-state index >= 15 is 0 Å². The average Bonchev–Trinajstić information content (AvgIpc) is 1.82. The lowest BCUT2D eigenvalue weighted by atomic mass is 9.99. The normalized spacial score (nSPS) is 16.7. The molecule has 2 N–H and O–H groups in total. The van der Waals surface area contributed by atoms with Gasteiger partial charge in [0, 0.05) is 0 Å². The number of carbonyl (C=O) groups is 1. The summed E-state index contributed by atoms with van der Waals surface area (Å²) in [6.45, 7) is 0.713. The van der Waals surface area contributed by atoms with Crippen molar-refractivity contribution >= 4 is 5.97 Å². The SMILES string of the molecule is CONC(C)(CC(=O)O)C(F)(F)F. The van der Waals surface area contributed by atoms with E-state index in [-0.39, 0.29) is 0 Å². The van der Waals surface area contributed by atoms with Crippen molar-refractivity contribution in [3.63, 3.8) is 0 Å². The molecular formula is C6H10F3NO3. The van der Waals surface area contributed by atoms with Gasteiger partial charge >= 0.3 is 12.1 Å². The van der Waals surface area contributed by atoms with Crippen LogP contribution in [0.2, 0.25) is 0 Å². The Morgan fingerprint density at radius 2 is 2.00 bits per heavy atom. The van der Waals surface area contributed by atoms with Gasteiger partial charge in [0.25, 0.3) is 0 Å². The van der Waals surface area contributed by atoms with Crippen LogP contribution in [0.3, 0.4) is 0 Å². The number of rotatable bonds is 4. The molecule has 7 heteroatoms. The van der Waals surface area contributed by atoms with E-state index in [2.05, 4.69) is 4.84 Å². The van der Waals surface area contributed by atoms with Gasteiger partial charge < -0.3 is 9.94 Å². The molecule has 13 heavy (non-hydrogen) atoms. The number of halogens is 3. The van der Waals surface area contributed by atoms with E-state index < -0.39 is 24.1 Å². The summed E-state index contributed by atoms with van der Waals surface area (Å²) in [7, 11) is 0.992. The molecule has 0 radical (unpaired) electrons. The molecule has 0 bridgehead atoms.